The van der Waals surface area contributed by atoms with Gasteiger partial charge in [-0.15, -0.1) is 0 Å². The van der Waals surface area contributed by atoms with Crippen LogP contribution in [0.1, 0.15) is 34.7 Å². The molecule has 0 saturated carbocycles. The summed E-state index contributed by atoms with van der Waals surface area (Å²) >= 11 is 0. The third kappa shape index (κ3) is 3.53. The number of imidazole rings is 1. The van der Waals surface area contributed by atoms with E-state index in [1.54, 1.807) is 32.4 Å². The van der Waals surface area contributed by atoms with Crippen molar-refractivity contribution in [2.75, 3.05) is 20.8 Å². The Hall–Kier alpha value is -2.50. The number of nitrogens with one attached hydrogen (secondary N) is 1. The maximum atomic E-state index is 12.3. The van der Waals surface area contributed by atoms with Crippen LogP contribution in [0.15, 0.2) is 24.4 Å². The van der Waals surface area contributed by atoms with E-state index in [1.165, 1.54) is 18.7 Å². The lowest BCUT2D eigenvalue weighted by molar-refractivity contribution is 0.0953. The summed E-state index contributed by atoms with van der Waals surface area (Å²) in [6, 6.07) is 5.15. The molecule has 0 fully saturated rings. The predicted octanol–water partition coefficient (Wildman–Crippen LogP) is 2.21. The lowest BCUT2D eigenvalue weighted by atomic mass is 10.2. The lowest BCUT2D eigenvalue weighted by Crippen LogP contribution is -2.25. The van der Waals surface area contributed by atoms with Gasteiger partial charge in [0.25, 0.3) is 5.91 Å². The Kier molecular flexibility index (Phi) is 5.03. The average molecular weight is 329 g/mol. The molecule has 0 spiro atoms. The third-order valence-electron chi connectivity index (χ3n) is 4.27. The first-order chi connectivity index (χ1) is 11.7. The third-order valence-corrected chi connectivity index (χ3v) is 4.27. The Morgan fingerprint density at radius 2 is 2.08 bits per heavy atom. The molecular weight excluding hydrogens is 306 g/mol. The first-order valence-corrected chi connectivity index (χ1v) is 8.26. The standard InChI is InChI=1S/C18H23N3O3/c1-23-15-7-6-13(11-16(15)24-2)18(22)19-9-8-14-12-21-10-4-3-5-17(21)20-14/h6-7,11-12H,3-5,8-10H2,1-2H3,(H,19,22). The highest BCUT2D eigenvalue weighted by Gasteiger charge is 2.13. The van der Waals surface area contributed by atoms with Gasteiger partial charge in [0.05, 0.1) is 19.9 Å². The molecule has 2 aromatic rings. The van der Waals surface area contributed by atoms with E-state index in [1.807, 2.05) is 0 Å². The Bertz CT molecular complexity index is 701. The van der Waals surface area contributed by atoms with E-state index in [4.69, 9.17) is 9.47 Å². The van der Waals surface area contributed by atoms with E-state index in [-0.39, 0.29) is 5.91 Å². The predicted molar refractivity (Wildman–Crippen MR) is 90.7 cm³/mol. The van der Waals surface area contributed by atoms with Crippen molar-refractivity contribution in [3.8, 4) is 11.5 Å². The van der Waals surface area contributed by atoms with Crippen molar-refractivity contribution in [1.82, 2.24) is 14.9 Å². The Morgan fingerprint density at radius 3 is 2.83 bits per heavy atom. The van der Waals surface area contributed by atoms with Gasteiger partial charge in [-0.05, 0) is 31.0 Å². The number of methoxy groups -OCH3 is 2. The monoisotopic (exact) mass is 329 g/mol. The van der Waals surface area contributed by atoms with Gasteiger partial charge in [0.2, 0.25) is 0 Å². The Labute approximate surface area is 141 Å². The molecule has 1 N–H and O–H groups in total. The van der Waals surface area contributed by atoms with Crippen molar-refractivity contribution in [2.45, 2.75) is 32.2 Å². The second kappa shape index (κ2) is 7.38. The van der Waals surface area contributed by atoms with Crippen LogP contribution in [0.2, 0.25) is 0 Å². The van der Waals surface area contributed by atoms with E-state index in [0.717, 1.165) is 25.1 Å². The highest BCUT2D eigenvalue weighted by atomic mass is 16.5. The molecule has 0 bridgehead atoms. The smallest absolute Gasteiger partial charge is 0.251 e. The normalized spacial score (nSPS) is 13.2. The van der Waals surface area contributed by atoms with Gasteiger partial charge in [0.1, 0.15) is 5.82 Å². The number of carbonyl (C=O) groups is 1. The van der Waals surface area contributed by atoms with E-state index in [0.29, 0.717) is 23.6 Å². The van der Waals surface area contributed by atoms with Crippen molar-refractivity contribution in [3.63, 3.8) is 0 Å². The highest BCUT2D eigenvalue weighted by molar-refractivity contribution is 5.94. The van der Waals surface area contributed by atoms with Gasteiger partial charge in [-0.1, -0.05) is 0 Å². The second-order valence-electron chi connectivity index (χ2n) is 5.87. The molecule has 1 aromatic carbocycles. The van der Waals surface area contributed by atoms with Crippen LogP contribution < -0.4 is 14.8 Å². The van der Waals surface area contributed by atoms with Gasteiger partial charge in [-0.3, -0.25) is 4.79 Å². The molecule has 0 saturated heterocycles. The van der Waals surface area contributed by atoms with Crippen LogP contribution >= 0.6 is 0 Å². The van der Waals surface area contributed by atoms with Gasteiger partial charge in [-0.25, -0.2) is 4.98 Å². The fourth-order valence-corrected chi connectivity index (χ4v) is 2.98. The number of aryl methyl sites for hydroxylation is 2. The van der Waals surface area contributed by atoms with E-state index < -0.39 is 0 Å². The average Bonchev–Trinajstić information content (AvgIpc) is 3.03. The second-order valence-corrected chi connectivity index (χ2v) is 5.87. The minimum Gasteiger partial charge on any atom is -0.493 e. The summed E-state index contributed by atoms with van der Waals surface area (Å²) in [4.78, 5) is 16.9. The number of amides is 1. The zero-order valence-electron chi connectivity index (χ0n) is 14.2. The van der Waals surface area contributed by atoms with Crippen molar-refractivity contribution < 1.29 is 14.3 Å². The summed E-state index contributed by atoms with van der Waals surface area (Å²) in [6.45, 7) is 1.62. The van der Waals surface area contributed by atoms with Crippen LogP contribution in [-0.4, -0.2) is 36.2 Å². The largest absolute Gasteiger partial charge is 0.493 e. The zero-order chi connectivity index (χ0) is 16.9. The maximum Gasteiger partial charge on any atom is 0.251 e. The Balaban J connectivity index is 1.56. The quantitative estimate of drug-likeness (QED) is 0.882. The van der Waals surface area contributed by atoms with Gasteiger partial charge in [-0.2, -0.15) is 0 Å². The summed E-state index contributed by atoms with van der Waals surface area (Å²) in [5.74, 6) is 2.20. The summed E-state index contributed by atoms with van der Waals surface area (Å²) < 4.78 is 12.6. The number of carbonyl (C=O) groups excluding carboxylic acids is 1. The molecule has 1 aliphatic heterocycles. The minimum absolute atomic E-state index is 0.125. The fourth-order valence-electron chi connectivity index (χ4n) is 2.98. The molecule has 24 heavy (non-hydrogen) atoms. The van der Waals surface area contributed by atoms with Crippen LogP contribution in [0.25, 0.3) is 0 Å². The number of benzene rings is 1. The summed E-state index contributed by atoms with van der Waals surface area (Å²) in [7, 11) is 3.13. The lowest BCUT2D eigenvalue weighted by Gasteiger charge is -2.11. The molecule has 128 valence electrons. The molecule has 6 heteroatoms. The highest BCUT2D eigenvalue weighted by Crippen LogP contribution is 2.27. The topological polar surface area (TPSA) is 65.4 Å². The van der Waals surface area contributed by atoms with Crippen LogP contribution in [0, 0.1) is 0 Å². The van der Waals surface area contributed by atoms with Gasteiger partial charge in [0.15, 0.2) is 11.5 Å². The van der Waals surface area contributed by atoms with E-state index in [2.05, 4.69) is 21.1 Å². The molecule has 2 heterocycles. The van der Waals surface area contributed by atoms with Crippen LogP contribution in [-0.2, 0) is 19.4 Å². The molecule has 0 radical (unpaired) electrons. The number of aromatic nitrogens is 2. The van der Waals surface area contributed by atoms with Crippen LogP contribution in [0.5, 0.6) is 11.5 Å². The summed E-state index contributed by atoms with van der Waals surface area (Å²) in [6.07, 6.45) is 6.33. The van der Waals surface area contributed by atoms with Gasteiger partial charge < -0.3 is 19.4 Å². The zero-order valence-corrected chi connectivity index (χ0v) is 14.2. The molecule has 1 aliphatic rings. The molecule has 0 atom stereocenters. The van der Waals surface area contributed by atoms with E-state index >= 15 is 0 Å². The molecule has 0 unspecified atom stereocenters. The summed E-state index contributed by atoms with van der Waals surface area (Å²) in [5, 5.41) is 2.93. The fraction of sp³-hybridized carbons (Fsp3) is 0.444. The van der Waals surface area contributed by atoms with Crippen molar-refractivity contribution in [3.05, 3.63) is 41.5 Å². The van der Waals surface area contributed by atoms with Crippen LogP contribution in [0.4, 0.5) is 0 Å². The maximum absolute atomic E-state index is 12.3. The Morgan fingerprint density at radius 1 is 1.25 bits per heavy atom. The van der Waals surface area contributed by atoms with Crippen LogP contribution in [0.3, 0.4) is 0 Å². The van der Waals surface area contributed by atoms with Gasteiger partial charge in [0, 0.05) is 37.7 Å². The number of hydrogen-bond donors (Lipinski definition) is 1. The van der Waals surface area contributed by atoms with Crippen molar-refractivity contribution in [1.29, 1.82) is 0 Å². The first kappa shape index (κ1) is 16.4. The summed E-state index contributed by atoms with van der Waals surface area (Å²) in [5.41, 5.74) is 1.59. The first-order valence-electron chi connectivity index (χ1n) is 8.26. The SMILES string of the molecule is COc1ccc(C(=O)NCCc2cn3c(n2)CCCC3)cc1OC. The minimum atomic E-state index is -0.125. The molecular formula is C18H23N3O3. The molecule has 1 aromatic heterocycles. The molecule has 1 amide bonds. The van der Waals surface area contributed by atoms with E-state index in [9.17, 15) is 4.79 Å². The number of rotatable bonds is 6. The molecule has 3 rings (SSSR count). The van der Waals surface area contributed by atoms with Crippen molar-refractivity contribution in [2.24, 2.45) is 0 Å². The number of nitrogens with zero attached hydrogens (tertiary/aromatic N) is 2. The van der Waals surface area contributed by atoms with Gasteiger partial charge >= 0.3 is 0 Å². The number of ether oxygens (including phenoxy) is 2. The molecule has 0 aliphatic carbocycles. The van der Waals surface area contributed by atoms with Crippen molar-refractivity contribution >= 4 is 5.91 Å². The number of fused-ring (bicyclic) bond motifs is 1. The molecule has 6 nitrogen and oxygen atoms in total. The number of hydrogen-bond acceptors (Lipinski definition) is 4.